The van der Waals surface area contributed by atoms with E-state index in [0.717, 1.165) is 31.0 Å². The highest BCUT2D eigenvalue weighted by atomic mass is 16.6. The Morgan fingerprint density at radius 2 is 0.953 bits per heavy atom. The zero-order valence-electron chi connectivity index (χ0n) is 24.3. The Morgan fingerprint density at radius 1 is 0.628 bits per heavy atom. The van der Waals surface area contributed by atoms with Crippen molar-refractivity contribution in [3.8, 4) is 0 Å². The van der Waals surface area contributed by atoms with Gasteiger partial charge < -0.3 is 14.9 Å². The summed E-state index contributed by atoms with van der Waals surface area (Å²) in [5.41, 5.74) is -1.22. The molecule has 238 valence electrons. The van der Waals surface area contributed by atoms with Crippen molar-refractivity contribution >= 4 is 40.1 Å². The molecule has 2 aromatic carbocycles. The standard InChI is InChI=1S/C13H17N3O6.C13H19N3O4.CH4/c1-3-5-14(6-4-2)11-7-9(13(17)18)10(15(19)20)8-12(11)16(21)22;1-4-6-14(7-5-2)12-8-10(3)11(15(17)18)9-13(12)16(19)20;/h7-8H,3-6H2,1-2H3,(H,17,18);8-9H,4-7H2,1-3H3;1H4. The minimum absolute atomic E-state index is 0. The average Bonchev–Trinajstić information content (AvgIpc) is 2.91. The fourth-order valence-electron chi connectivity index (χ4n) is 4.34. The van der Waals surface area contributed by atoms with E-state index in [1.807, 2.05) is 32.6 Å². The lowest BCUT2D eigenvalue weighted by Gasteiger charge is -2.23. The van der Waals surface area contributed by atoms with Gasteiger partial charge in [-0.25, -0.2) is 4.79 Å². The Kier molecular flexibility index (Phi) is 15.8. The Morgan fingerprint density at radius 3 is 1.26 bits per heavy atom. The van der Waals surface area contributed by atoms with E-state index in [-0.39, 0.29) is 24.5 Å². The molecule has 0 fully saturated rings. The first-order chi connectivity index (χ1) is 19.7. The summed E-state index contributed by atoms with van der Waals surface area (Å²) in [6.07, 6.45) is 3.12. The molecule has 0 aliphatic rings. The van der Waals surface area contributed by atoms with E-state index in [9.17, 15) is 45.3 Å². The van der Waals surface area contributed by atoms with Gasteiger partial charge in [0, 0.05) is 31.7 Å². The molecule has 0 bridgehead atoms. The number of hydrogen-bond acceptors (Lipinski definition) is 11. The third-order valence-electron chi connectivity index (χ3n) is 6.06. The van der Waals surface area contributed by atoms with E-state index in [4.69, 9.17) is 5.11 Å². The van der Waals surface area contributed by atoms with Crippen LogP contribution in [0.2, 0.25) is 0 Å². The van der Waals surface area contributed by atoms with Crippen molar-refractivity contribution in [3.05, 3.63) is 75.8 Å². The molecule has 16 nitrogen and oxygen atoms in total. The maximum absolute atomic E-state index is 11.2. The maximum Gasteiger partial charge on any atom is 0.342 e. The third kappa shape index (κ3) is 10.2. The lowest BCUT2D eigenvalue weighted by molar-refractivity contribution is -0.394. The second kappa shape index (κ2) is 17.8. The average molecular weight is 609 g/mol. The van der Waals surface area contributed by atoms with Crippen molar-refractivity contribution < 1.29 is 29.6 Å². The smallest absolute Gasteiger partial charge is 0.342 e. The maximum atomic E-state index is 11.2. The number of aryl methyl sites for hydroxylation is 1. The summed E-state index contributed by atoms with van der Waals surface area (Å²) < 4.78 is 0. The predicted molar refractivity (Wildman–Crippen MR) is 164 cm³/mol. The van der Waals surface area contributed by atoms with Gasteiger partial charge in [-0.1, -0.05) is 35.1 Å². The first-order valence-electron chi connectivity index (χ1n) is 13.4. The van der Waals surface area contributed by atoms with Gasteiger partial charge in [-0.3, -0.25) is 40.5 Å². The summed E-state index contributed by atoms with van der Waals surface area (Å²) >= 11 is 0. The van der Waals surface area contributed by atoms with Gasteiger partial charge in [0.25, 0.3) is 22.7 Å². The molecule has 2 aromatic rings. The molecule has 0 heterocycles. The molecule has 0 spiro atoms. The molecular formula is C27H40N6O10. The second-order valence-electron chi connectivity index (χ2n) is 9.29. The number of nitro groups is 4. The van der Waals surface area contributed by atoms with E-state index in [1.165, 1.54) is 0 Å². The van der Waals surface area contributed by atoms with Gasteiger partial charge in [0.1, 0.15) is 16.9 Å². The van der Waals surface area contributed by atoms with Crippen LogP contribution >= 0.6 is 0 Å². The number of hydrogen-bond donors (Lipinski definition) is 1. The largest absolute Gasteiger partial charge is 0.477 e. The van der Waals surface area contributed by atoms with Crippen LogP contribution in [0.15, 0.2) is 24.3 Å². The Hall–Kier alpha value is -4.89. The molecule has 0 saturated heterocycles. The minimum Gasteiger partial charge on any atom is -0.477 e. The number of nitro benzene ring substituents is 4. The number of aromatic carboxylic acids is 1. The molecule has 0 aliphatic carbocycles. The van der Waals surface area contributed by atoms with Crippen molar-refractivity contribution in [1.29, 1.82) is 0 Å². The zero-order chi connectivity index (χ0) is 32.1. The molecule has 0 aromatic heterocycles. The molecular weight excluding hydrogens is 568 g/mol. The topological polar surface area (TPSA) is 216 Å². The fourth-order valence-corrected chi connectivity index (χ4v) is 4.34. The summed E-state index contributed by atoms with van der Waals surface area (Å²) in [4.78, 5) is 56.2. The normalized spacial score (nSPS) is 10.1. The summed E-state index contributed by atoms with van der Waals surface area (Å²) in [7, 11) is 0. The first-order valence-corrected chi connectivity index (χ1v) is 13.4. The number of carboxylic acid groups (broad SMARTS) is 1. The van der Waals surface area contributed by atoms with Gasteiger partial charge in [0.05, 0.1) is 31.8 Å². The monoisotopic (exact) mass is 608 g/mol. The molecule has 0 atom stereocenters. The van der Waals surface area contributed by atoms with Crippen molar-refractivity contribution in [2.45, 2.75) is 67.7 Å². The molecule has 0 aliphatic heterocycles. The van der Waals surface area contributed by atoms with Crippen molar-refractivity contribution in [2.24, 2.45) is 0 Å². The Balaban J connectivity index is 0.000000805. The highest BCUT2D eigenvalue weighted by Gasteiger charge is 2.30. The van der Waals surface area contributed by atoms with E-state index in [1.54, 1.807) is 17.9 Å². The van der Waals surface area contributed by atoms with Crippen molar-refractivity contribution in [2.75, 3.05) is 36.0 Å². The molecule has 1 N–H and O–H groups in total. The van der Waals surface area contributed by atoms with Crippen LogP contribution in [0.3, 0.4) is 0 Å². The minimum atomic E-state index is -1.49. The molecule has 0 radical (unpaired) electrons. The first kappa shape index (κ1) is 38.1. The van der Waals surface area contributed by atoms with Crippen LogP contribution in [0, 0.1) is 47.4 Å². The van der Waals surface area contributed by atoms with Crippen molar-refractivity contribution in [3.63, 3.8) is 0 Å². The second-order valence-corrected chi connectivity index (χ2v) is 9.29. The Labute approximate surface area is 249 Å². The van der Waals surface area contributed by atoms with Crippen LogP contribution < -0.4 is 9.80 Å². The number of rotatable bonds is 15. The van der Waals surface area contributed by atoms with Crippen molar-refractivity contribution in [1.82, 2.24) is 0 Å². The number of carboxylic acids is 1. The van der Waals surface area contributed by atoms with E-state index in [2.05, 4.69) is 0 Å². The quantitative estimate of drug-likeness (QED) is 0.161. The van der Waals surface area contributed by atoms with E-state index < -0.39 is 42.6 Å². The molecule has 0 amide bonds. The summed E-state index contributed by atoms with van der Waals surface area (Å²) in [5, 5.41) is 53.3. The highest BCUT2D eigenvalue weighted by Crippen LogP contribution is 2.36. The van der Waals surface area contributed by atoms with Crippen LogP contribution in [0.25, 0.3) is 0 Å². The fraction of sp³-hybridized carbons (Fsp3) is 0.519. The number of anilines is 2. The third-order valence-corrected chi connectivity index (χ3v) is 6.06. The number of carbonyl (C=O) groups is 1. The molecule has 0 unspecified atom stereocenters. The van der Waals surface area contributed by atoms with Gasteiger partial charge in [0.2, 0.25) is 0 Å². The summed E-state index contributed by atoms with van der Waals surface area (Å²) in [5.74, 6) is -1.49. The lowest BCUT2D eigenvalue weighted by Crippen LogP contribution is -2.26. The number of benzene rings is 2. The van der Waals surface area contributed by atoms with Gasteiger partial charge in [0.15, 0.2) is 0 Å². The van der Waals surface area contributed by atoms with Gasteiger partial charge >= 0.3 is 5.97 Å². The van der Waals surface area contributed by atoms with Crippen LogP contribution in [0.4, 0.5) is 34.1 Å². The van der Waals surface area contributed by atoms with Gasteiger partial charge in [-0.15, -0.1) is 0 Å². The Bertz CT molecular complexity index is 1310. The highest BCUT2D eigenvalue weighted by molar-refractivity contribution is 5.95. The van der Waals surface area contributed by atoms with Gasteiger partial charge in [-0.2, -0.15) is 0 Å². The SMILES string of the molecule is C.CCCN(CCC)c1cc(C(=O)O)c([N+](=O)[O-])cc1[N+](=O)[O-].CCCN(CCC)c1cc(C)c([N+](=O)[O-])cc1[N+](=O)[O-]. The van der Waals surface area contributed by atoms with Crippen LogP contribution in [0.5, 0.6) is 0 Å². The summed E-state index contributed by atoms with van der Waals surface area (Å²) in [6, 6.07) is 4.34. The predicted octanol–water partition coefficient (Wildman–Crippen LogP) is 6.90. The summed E-state index contributed by atoms with van der Waals surface area (Å²) in [6.45, 7) is 11.7. The van der Waals surface area contributed by atoms with E-state index in [0.29, 0.717) is 50.3 Å². The van der Waals surface area contributed by atoms with Gasteiger partial charge in [-0.05, 0) is 44.7 Å². The van der Waals surface area contributed by atoms with E-state index >= 15 is 0 Å². The zero-order valence-corrected chi connectivity index (χ0v) is 24.3. The number of nitrogens with zero attached hydrogens (tertiary/aromatic N) is 6. The molecule has 0 saturated carbocycles. The molecule has 2 rings (SSSR count). The van der Waals surface area contributed by atoms with Crippen LogP contribution in [-0.2, 0) is 0 Å². The molecule has 16 heteroatoms. The molecule has 43 heavy (non-hydrogen) atoms. The lowest BCUT2D eigenvalue weighted by atomic mass is 10.1. The van der Waals surface area contributed by atoms with Crippen LogP contribution in [-0.4, -0.2) is 56.9 Å². The van der Waals surface area contributed by atoms with Crippen LogP contribution in [0.1, 0.15) is 76.7 Å².